The number of nitrogens with zero attached hydrogens (tertiary/aromatic N) is 5. The normalized spacial score (nSPS) is 19.0. The van der Waals surface area contributed by atoms with Crippen molar-refractivity contribution in [3.63, 3.8) is 0 Å². The van der Waals surface area contributed by atoms with Gasteiger partial charge in [-0.2, -0.15) is 5.10 Å². The summed E-state index contributed by atoms with van der Waals surface area (Å²) in [6.45, 7) is 12.6. The number of piperazine rings is 1. The molecule has 2 amide bonds. The number of rotatable bonds is 5. The molecule has 0 aliphatic carbocycles. The van der Waals surface area contributed by atoms with E-state index in [2.05, 4.69) is 23.8 Å². The topological polar surface area (TPSA) is 70.9 Å². The van der Waals surface area contributed by atoms with Gasteiger partial charge in [0.15, 0.2) is 0 Å². The first-order valence-corrected chi connectivity index (χ1v) is 9.94. The molecule has 150 valence electrons. The fraction of sp³-hybridized carbons (Fsp3) is 0.737. The molecule has 0 atom stereocenters. The van der Waals surface area contributed by atoms with Crippen molar-refractivity contribution in [1.29, 1.82) is 0 Å². The van der Waals surface area contributed by atoms with Gasteiger partial charge in [-0.15, -0.1) is 0 Å². The Bertz CT molecular complexity index is 658. The Balaban J connectivity index is 1.54. The summed E-state index contributed by atoms with van der Waals surface area (Å²) in [4.78, 5) is 31.2. The number of morpholine rings is 1. The molecule has 1 aromatic rings. The maximum Gasteiger partial charge on any atom is 0.272 e. The average molecular weight is 377 g/mol. The van der Waals surface area contributed by atoms with Crippen LogP contribution in [0.2, 0.25) is 0 Å². The third kappa shape index (κ3) is 4.68. The van der Waals surface area contributed by atoms with Gasteiger partial charge >= 0.3 is 0 Å². The van der Waals surface area contributed by atoms with E-state index in [0.717, 1.165) is 18.8 Å². The van der Waals surface area contributed by atoms with Crippen molar-refractivity contribution >= 4 is 11.8 Å². The molecule has 3 heterocycles. The molecule has 0 aromatic carbocycles. The van der Waals surface area contributed by atoms with Crippen LogP contribution in [-0.4, -0.2) is 95.3 Å². The van der Waals surface area contributed by atoms with Gasteiger partial charge in [-0.3, -0.25) is 19.2 Å². The number of aromatic nitrogens is 2. The molecule has 0 spiro atoms. The standard InChI is InChI=1S/C19H31N5O3/c1-4-24-17(13-16(20-24)15(2)3)19(26)23-7-5-21(6-8-23)14-18(25)22-9-11-27-12-10-22/h13,15H,4-12,14H2,1-3H3. The summed E-state index contributed by atoms with van der Waals surface area (Å²) in [7, 11) is 0. The first-order chi connectivity index (χ1) is 13.0. The lowest BCUT2D eigenvalue weighted by molar-refractivity contribution is -0.136. The quantitative estimate of drug-likeness (QED) is 0.753. The number of aryl methyl sites for hydroxylation is 1. The minimum atomic E-state index is 0.0374. The zero-order valence-corrected chi connectivity index (χ0v) is 16.7. The van der Waals surface area contributed by atoms with Crippen LogP contribution in [0, 0.1) is 0 Å². The van der Waals surface area contributed by atoms with Crippen LogP contribution in [0.3, 0.4) is 0 Å². The molecule has 2 saturated heterocycles. The van der Waals surface area contributed by atoms with Gasteiger partial charge in [0.2, 0.25) is 5.91 Å². The Morgan fingerprint density at radius 1 is 1.07 bits per heavy atom. The van der Waals surface area contributed by atoms with Crippen molar-refractivity contribution in [3.05, 3.63) is 17.5 Å². The number of hydrogen-bond donors (Lipinski definition) is 0. The highest BCUT2D eigenvalue weighted by molar-refractivity contribution is 5.93. The molecule has 0 N–H and O–H groups in total. The second-order valence-electron chi connectivity index (χ2n) is 7.49. The van der Waals surface area contributed by atoms with Crippen LogP contribution in [0.4, 0.5) is 0 Å². The number of amides is 2. The van der Waals surface area contributed by atoms with Crippen LogP contribution in [0.25, 0.3) is 0 Å². The summed E-state index contributed by atoms with van der Waals surface area (Å²) in [5.41, 5.74) is 1.62. The molecule has 27 heavy (non-hydrogen) atoms. The number of carbonyl (C=O) groups is 2. The number of hydrogen-bond acceptors (Lipinski definition) is 5. The predicted octanol–water partition coefficient (Wildman–Crippen LogP) is 0.643. The van der Waals surface area contributed by atoms with Gasteiger partial charge < -0.3 is 14.5 Å². The summed E-state index contributed by atoms with van der Waals surface area (Å²) < 4.78 is 7.10. The third-order valence-electron chi connectivity index (χ3n) is 5.29. The molecule has 2 fully saturated rings. The lowest BCUT2D eigenvalue weighted by Crippen LogP contribution is -2.52. The Hall–Kier alpha value is -1.93. The number of carbonyl (C=O) groups excluding carboxylic acids is 2. The molecule has 2 aliphatic rings. The van der Waals surface area contributed by atoms with Crippen molar-refractivity contribution in [2.75, 3.05) is 59.0 Å². The SMILES string of the molecule is CCn1nc(C(C)C)cc1C(=O)N1CCN(CC(=O)N2CCOCC2)CC1. The van der Waals surface area contributed by atoms with E-state index in [-0.39, 0.29) is 11.8 Å². The van der Waals surface area contributed by atoms with Crippen molar-refractivity contribution in [3.8, 4) is 0 Å². The van der Waals surface area contributed by atoms with E-state index >= 15 is 0 Å². The molecule has 1 aromatic heterocycles. The van der Waals surface area contributed by atoms with E-state index in [0.29, 0.717) is 64.1 Å². The third-order valence-corrected chi connectivity index (χ3v) is 5.29. The second-order valence-corrected chi connectivity index (χ2v) is 7.49. The predicted molar refractivity (Wildman–Crippen MR) is 102 cm³/mol. The van der Waals surface area contributed by atoms with E-state index in [1.165, 1.54) is 0 Å². The largest absolute Gasteiger partial charge is 0.378 e. The molecular weight excluding hydrogens is 346 g/mol. The molecule has 3 rings (SSSR count). The van der Waals surface area contributed by atoms with E-state index in [1.54, 1.807) is 4.68 Å². The van der Waals surface area contributed by atoms with Gasteiger partial charge in [-0.05, 0) is 18.9 Å². The van der Waals surface area contributed by atoms with Gasteiger partial charge in [0.25, 0.3) is 5.91 Å². The zero-order valence-electron chi connectivity index (χ0n) is 16.7. The van der Waals surface area contributed by atoms with Crippen molar-refractivity contribution in [2.24, 2.45) is 0 Å². The van der Waals surface area contributed by atoms with E-state index in [9.17, 15) is 9.59 Å². The van der Waals surface area contributed by atoms with Gasteiger partial charge in [-0.25, -0.2) is 0 Å². The molecular formula is C19H31N5O3. The highest BCUT2D eigenvalue weighted by atomic mass is 16.5. The van der Waals surface area contributed by atoms with Gasteiger partial charge in [-0.1, -0.05) is 13.8 Å². The van der Waals surface area contributed by atoms with Crippen LogP contribution in [0.5, 0.6) is 0 Å². The van der Waals surface area contributed by atoms with Crippen molar-refractivity contribution in [2.45, 2.75) is 33.2 Å². The first kappa shape index (κ1) is 19.8. The molecule has 0 unspecified atom stereocenters. The minimum absolute atomic E-state index is 0.0374. The van der Waals surface area contributed by atoms with Crippen LogP contribution in [-0.2, 0) is 16.1 Å². The zero-order chi connectivity index (χ0) is 19.4. The van der Waals surface area contributed by atoms with Crippen LogP contribution >= 0.6 is 0 Å². The van der Waals surface area contributed by atoms with Crippen molar-refractivity contribution in [1.82, 2.24) is 24.5 Å². The highest BCUT2D eigenvalue weighted by Crippen LogP contribution is 2.17. The maximum atomic E-state index is 12.9. The maximum absolute atomic E-state index is 12.9. The average Bonchev–Trinajstić information content (AvgIpc) is 3.13. The van der Waals surface area contributed by atoms with Crippen LogP contribution < -0.4 is 0 Å². The van der Waals surface area contributed by atoms with E-state index in [1.807, 2.05) is 22.8 Å². The van der Waals surface area contributed by atoms with Crippen molar-refractivity contribution < 1.29 is 14.3 Å². The Kier molecular flexibility index (Phi) is 6.49. The molecule has 2 aliphatic heterocycles. The fourth-order valence-electron chi connectivity index (χ4n) is 3.51. The summed E-state index contributed by atoms with van der Waals surface area (Å²) in [6.07, 6.45) is 0. The molecule has 0 radical (unpaired) electrons. The minimum Gasteiger partial charge on any atom is -0.378 e. The van der Waals surface area contributed by atoms with Crippen LogP contribution in [0.1, 0.15) is 42.9 Å². The highest BCUT2D eigenvalue weighted by Gasteiger charge is 2.27. The van der Waals surface area contributed by atoms with Crippen LogP contribution in [0.15, 0.2) is 6.07 Å². The molecule has 0 saturated carbocycles. The van der Waals surface area contributed by atoms with E-state index in [4.69, 9.17) is 4.74 Å². The summed E-state index contributed by atoms with van der Waals surface area (Å²) >= 11 is 0. The fourth-order valence-corrected chi connectivity index (χ4v) is 3.51. The van der Waals surface area contributed by atoms with Gasteiger partial charge in [0.1, 0.15) is 5.69 Å². The van der Waals surface area contributed by atoms with E-state index < -0.39 is 0 Å². The summed E-state index contributed by atoms with van der Waals surface area (Å²) in [5, 5.41) is 4.55. The summed E-state index contributed by atoms with van der Waals surface area (Å²) in [5.74, 6) is 0.492. The lowest BCUT2D eigenvalue weighted by Gasteiger charge is -2.36. The monoisotopic (exact) mass is 377 g/mol. The Labute approximate surface area is 161 Å². The molecule has 8 heteroatoms. The summed E-state index contributed by atoms with van der Waals surface area (Å²) in [6, 6.07) is 1.92. The van der Waals surface area contributed by atoms with Gasteiger partial charge in [0, 0.05) is 45.8 Å². The number of ether oxygens (including phenoxy) is 1. The molecule has 0 bridgehead atoms. The van der Waals surface area contributed by atoms with Gasteiger partial charge in [0.05, 0.1) is 25.5 Å². The Morgan fingerprint density at radius 3 is 2.33 bits per heavy atom. The molecule has 8 nitrogen and oxygen atoms in total. The first-order valence-electron chi connectivity index (χ1n) is 9.94. The lowest BCUT2D eigenvalue weighted by atomic mass is 10.1. The second kappa shape index (κ2) is 8.84. The Morgan fingerprint density at radius 2 is 1.74 bits per heavy atom. The smallest absolute Gasteiger partial charge is 0.272 e.